The highest BCUT2D eigenvalue weighted by atomic mass is 19.3. The summed E-state index contributed by atoms with van der Waals surface area (Å²) in [5.74, 6) is -4.30. The van der Waals surface area contributed by atoms with Crippen molar-refractivity contribution in [3.05, 3.63) is 89.5 Å². The number of methoxy groups -OCH3 is 1. The van der Waals surface area contributed by atoms with Crippen molar-refractivity contribution < 1.29 is 46.5 Å². The summed E-state index contributed by atoms with van der Waals surface area (Å²) in [5.41, 5.74) is 1.10. The highest BCUT2D eigenvalue weighted by Gasteiger charge is 2.34. The number of amides is 2. The van der Waals surface area contributed by atoms with E-state index in [1.54, 1.807) is 25.3 Å². The Hall–Kier alpha value is -5.24. The molecule has 10 nitrogen and oxygen atoms in total. The first-order valence-electron chi connectivity index (χ1n) is 15.0. The van der Waals surface area contributed by atoms with Gasteiger partial charge in [-0.1, -0.05) is 30.3 Å². The third kappa shape index (κ3) is 8.18. The normalized spacial score (nSPS) is 16.5. The maximum Gasteiger partial charge on any atom is 0.335 e. The van der Waals surface area contributed by atoms with Crippen LogP contribution in [0.1, 0.15) is 28.8 Å². The summed E-state index contributed by atoms with van der Waals surface area (Å²) >= 11 is 0. The lowest BCUT2D eigenvalue weighted by Crippen LogP contribution is -2.52. The van der Waals surface area contributed by atoms with Crippen LogP contribution in [0.2, 0.25) is 0 Å². The van der Waals surface area contributed by atoms with Crippen molar-refractivity contribution >= 4 is 28.7 Å². The van der Waals surface area contributed by atoms with Crippen molar-refractivity contribution in [1.29, 1.82) is 0 Å². The number of carbonyl (C=O) groups excluding carboxylic acids is 2. The Morgan fingerprint density at radius 2 is 1.77 bits per heavy atom. The number of aromatic nitrogens is 1. The van der Waals surface area contributed by atoms with Gasteiger partial charge in [0.05, 0.1) is 29.9 Å². The van der Waals surface area contributed by atoms with Gasteiger partial charge >= 0.3 is 5.97 Å². The Balaban J connectivity index is 1.23. The van der Waals surface area contributed by atoms with Crippen molar-refractivity contribution in [2.24, 2.45) is 0 Å². The van der Waals surface area contributed by atoms with E-state index in [2.05, 4.69) is 16.0 Å². The lowest BCUT2D eigenvalue weighted by atomic mass is 10.1. The maximum absolute atomic E-state index is 14.2. The molecule has 0 bridgehead atoms. The molecule has 1 unspecified atom stereocenters. The number of alkyl halides is 2. The number of pyridine rings is 1. The summed E-state index contributed by atoms with van der Waals surface area (Å²) in [6.45, 7) is -0.106. The number of halogens is 4. The lowest BCUT2D eigenvalue weighted by Gasteiger charge is -2.21. The van der Waals surface area contributed by atoms with Crippen LogP contribution in [0.4, 0.5) is 17.6 Å². The average molecular weight is 669 g/mol. The van der Waals surface area contributed by atoms with Gasteiger partial charge in [-0.3, -0.25) is 9.59 Å². The predicted octanol–water partition coefficient (Wildman–Crippen LogP) is 4.50. The topological polar surface area (TPSA) is 139 Å². The highest BCUT2D eigenvalue weighted by Crippen LogP contribution is 2.33. The molecule has 0 aliphatic carbocycles. The number of nitrogens with one attached hydrogen (secondary N) is 3. The van der Waals surface area contributed by atoms with Gasteiger partial charge < -0.3 is 30.5 Å². The summed E-state index contributed by atoms with van der Waals surface area (Å²) in [4.78, 5) is 41.6. The zero-order valence-electron chi connectivity index (χ0n) is 25.6. The Morgan fingerprint density at radius 1 is 1.04 bits per heavy atom. The van der Waals surface area contributed by atoms with Crippen molar-refractivity contribution in [3.8, 4) is 22.8 Å². The van der Waals surface area contributed by atoms with Gasteiger partial charge in [0.1, 0.15) is 35.3 Å². The predicted molar refractivity (Wildman–Crippen MR) is 167 cm³/mol. The minimum atomic E-state index is -2.94. The second-order valence-corrected chi connectivity index (χ2v) is 11.1. The standard InChI is InChI=1S/C34H32F4N4O6/c1-47-20-7-8-23-27(13-20)41-26(18-5-3-2-4-6-18)15-30(23)48-21-14-28(40-17-21)33(44)42-29(16-31(37)38)32(43)39-10-9-22-24(35)11-19(34(45)46)12-25(22)36/h2-8,11-13,15,21,28-29,31,40H,9-10,14,16-17H2,1H3,(H,39,43)(H,42,44)(H,45,46)/t21-,28?,29+/m1/s1. The molecule has 5 rings (SSSR count). The average Bonchev–Trinajstić information content (AvgIpc) is 3.54. The molecule has 2 amide bonds. The number of carboxylic acid groups (broad SMARTS) is 1. The number of aromatic carboxylic acids is 1. The summed E-state index contributed by atoms with van der Waals surface area (Å²) in [6.07, 6.45) is -4.64. The highest BCUT2D eigenvalue weighted by molar-refractivity contribution is 5.91. The minimum Gasteiger partial charge on any atom is -0.497 e. The van der Waals surface area contributed by atoms with Crippen LogP contribution < -0.4 is 25.4 Å². The fraction of sp³-hybridized carbons (Fsp3) is 0.294. The van der Waals surface area contributed by atoms with Gasteiger partial charge in [-0.15, -0.1) is 0 Å². The van der Waals surface area contributed by atoms with Crippen molar-refractivity contribution in [2.75, 3.05) is 20.2 Å². The van der Waals surface area contributed by atoms with Gasteiger partial charge in [0.15, 0.2) is 0 Å². The fourth-order valence-electron chi connectivity index (χ4n) is 5.41. The minimum absolute atomic E-state index is 0.167. The summed E-state index contributed by atoms with van der Waals surface area (Å²) in [6, 6.07) is 15.5. The van der Waals surface area contributed by atoms with Gasteiger partial charge in [0.25, 0.3) is 0 Å². The molecule has 1 saturated heterocycles. The third-order valence-corrected chi connectivity index (χ3v) is 7.86. The van der Waals surface area contributed by atoms with E-state index in [0.29, 0.717) is 34.8 Å². The van der Waals surface area contributed by atoms with E-state index in [0.717, 1.165) is 10.9 Å². The van der Waals surface area contributed by atoms with Crippen LogP contribution in [0.15, 0.2) is 66.7 Å². The zero-order valence-corrected chi connectivity index (χ0v) is 25.6. The number of ether oxygens (including phenoxy) is 2. The molecule has 14 heteroatoms. The number of hydrogen-bond acceptors (Lipinski definition) is 7. The van der Waals surface area contributed by atoms with E-state index in [9.17, 15) is 31.9 Å². The number of rotatable bonds is 13. The van der Waals surface area contributed by atoms with Gasteiger partial charge in [0.2, 0.25) is 18.2 Å². The molecule has 252 valence electrons. The van der Waals surface area contributed by atoms with Crippen molar-refractivity contribution in [3.63, 3.8) is 0 Å². The van der Waals surface area contributed by atoms with Gasteiger partial charge in [-0.05, 0) is 30.7 Å². The molecule has 0 saturated carbocycles. The van der Waals surface area contributed by atoms with E-state index in [4.69, 9.17) is 19.6 Å². The quantitative estimate of drug-likeness (QED) is 0.153. The molecule has 4 aromatic rings. The second kappa shape index (κ2) is 15.1. The number of hydrogen-bond donors (Lipinski definition) is 4. The molecule has 1 aliphatic heterocycles. The molecule has 3 aromatic carbocycles. The number of fused-ring (bicyclic) bond motifs is 1. The lowest BCUT2D eigenvalue weighted by molar-refractivity contribution is -0.130. The fourth-order valence-corrected chi connectivity index (χ4v) is 5.41. The van der Waals surface area contributed by atoms with Crippen LogP contribution in [0.5, 0.6) is 11.5 Å². The molecule has 2 heterocycles. The first kappa shape index (κ1) is 34.1. The third-order valence-electron chi connectivity index (χ3n) is 7.86. The smallest absolute Gasteiger partial charge is 0.335 e. The van der Waals surface area contributed by atoms with Crippen LogP contribution in [-0.4, -0.2) is 72.7 Å². The summed E-state index contributed by atoms with van der Waals surface area (Å²) in [7, 11) is 1.55. The molecule has 4 N–H and O–H groups in total. The van der Waals surface area contributed by atoms with E-state index < -0.39 is 71.6 Å². The van der Waals surface area contributed by atoms with Crippen LogP contribution >= 0.6 is 0 Å². The van der Waals surface area contributed by atoms with Gasteiger partial charge in [-0.25, -0.2) is 27.3 Å². The Morgan fingerprint density at radius 3 is 2.44 bits per heavy atom. The Labute approximate surface area is 272 Å². The number of nitrogens with zero attached hydrogens (tertiary/aromatic N) is 1. The molecule has 0 radical (unpaired) electrons. The monoisotopic (exact) mass is 668 g/mol. The van der Waals surface area contributed by atoms with E-state index >= 15 is 0 Å². The molecule has 1 fully saturated rings. The van der Waals surface area contributed by atoms with Crippen LogP contribution in [-0.2, 0) is 16.0 Å². The Kier molecular flexibility index (Phi) is 10.7. The SMILES string of the molecule is COc1ccc2c(O[C@H]3CNC(C(=O)N[C@@H](CC(F)F)C(=O)NCCc4c(F)cc(C(=O)O)cc4F)C3)cc(-c3ccccc3)nc2c1. The number of carboxylic acids is 1. The first-order chi connectivity index (χ1) is 23.0. The van der Waals surface area contributed by atoms with Crippen molar-refractivity contribution in [1.82, 2.24) is 20.9 Å². The molecular formula is C34H32F4N4O6. The molecule has 0 spiro atoms. The van der Waals surface area contributed by atoms with Gasteiger partial charge in [-0.2, -0.15) is 0 Å². The number of benzene rings is 3. The molecule has 1 aromatic heterocycles. The maximum atomic E-state index is 14.2. The van der Waals surface area contributed by atoms with E-state index in [1.165, 1.54) is 0 Å². The van der Waals surface area contributed by atoms with Crippen LogP contribution in [0.3, 0.4) is 0 Å². The second-order valence-electron chi connectivity index (χ2n) is 11.1. The number of carbonyl (C=O) groups is 3. The van der Waals surface area contributed by atoms with Crippen LogP contribution in [0, 0.1) is 11.6 Å². The van der Waals surface area contributed by atoms with E-state index in [1.807, 2.05) is 36.4 Å². The van der Waals surface area contributed by atoms with Gasteiger partial charge in [0, 0.05) is 54.6 Å². The van der Waals surface area contributed by atoms with Crippen LogP contribution in [0.25, 0.3) is 22.2 Å². The zero-order chi connectivity index (χ0) is 34.4. The van der Waals surface area contributed by atoms with Crippen molar-refractivity contribution in [2.45, 2.75) is 43.9 Å². The largest absolute Gasteiger partial charge is 0.497 e. The first-order valence-corrected chi connectivity index (χ1v) is 15.0. The Bertz CT molecular complexity index is 1790. The molecule has 48 heavy (non-hydrogen) atoms. The van der Waals surface area contributed by atoms with E-state index in [-0.39, 0.29) is 25.9 Å². The molecule has 1 aliphatic rings. The molecular weight excluding hydrogens is 636 g/mol. The summed E-state index contributed by atoms with van der Waals surface area (Å²) in [5, 5.41) is 17.3. The molecule has 3 atom stereocenters. The summed E-state index contributed by atoms with van der Waals surface area (Å²) < 4.78 is 66.9.